The van der Waals surface area contributed by atoms with Gasteiger partial charge in [-0.05, 0) is 43.3 Å². The fourth-order valence-corrected chi connectivity index (χ4v) is 4.63. The van der Waals surface area contributed by atoms with Crippen LogP contribution in [0.4, 0.5) is 11.4 Å². The Morgan fingerprint density at radius 2 is 1.52 bits per heavy atom. The van der Waals surface area contributed by atoms with Crippen molar-refractivity contribution in [2.75, 3.05) is 38.0 Å². The molecule has 0 heterocycles. The number of amides is 1. The molecule has 174 valence electrons. The van der Waals surface area contributed by atoms with Crippen LogP contribution in [0.25, 0.3) is 0 Å². The minimum Gasteiger partial charge on any atom is -0.493 e. The van der Waals surface area contributed by atoms with Gasteiger partial charge in [-0.25, -0.2) is 8.42 Å². The quantitative estimate of drug-likeness (QED) is 0.462. The first-order chi connectivity index (χ1) is 15.9. The maximum absolute atomic E-state index is 13.3. The molecule has 0 bridgehead atoms. The summed E-state index contributed by atoms with van der Waals surface area (Å²) >= 11 is 0. The lowest BCUT2D eigenvalue weighted by Gasteiger charge is -2.15. The predicted octanol–water partition coefficient (Wildman–Crippen LogP) is 3.99. The number of methoxy groups -OCH3 is 2. The molecule has 0 aromatic heterocycles. The van der Waals surface area contributed by atoms with Crippen molar-refractivity contribution in [2.24, 2.45) is 0 Å². The van der Waals surface area contributed by atoms with Crippen LogP contribution in [0.5, 0.6) is 17.2 Å². The van der Waals surface area contributed by atoms with Crippen molar-refractivity contribution in [1.82, 2.24) is 0 Å². The van der Waals surface area contributed by atoms with Crippen molar-refractivity contribution >= 4 is 27.1 Å². The minimum atomic E-state index is -3.90. The van der Waals surface area contributed by atoms with Crippen LogP contribution < -0.4 is 24.8 Å². The summed E-state index contributed by atoms with van der Waals surface area (Å²) in [5.41, 5.74) is 0.845. The summed E-state index contributed by atoms with van der Waals surface area (Å²) in [6, 6.07) is 17.9. The zero-order valence-corrected chi connectivity index (χ0v) is 19.4. The van der Waals surface area contributed by atoms with E-state index in [1.165, 1.54) is 38.5 Å². The Morgan fingerprint density at radius 3 is 2.21 bits per heavy atom. The van der Waals surface area contributed by atoms with Crippen molar-refractivity contribution in [3.63, 3.8) is 0 Å². The summed E-state index contributed by atoms with van der Waals surface area (Å²) in [6.45, 7) is 2.18. The number of rotatable bonds is 10. The molecule has 3 aromatic rings. The third kappa shape index (κ3) is 5.56. The molecule has 3 rings (SSSR count). The van der Waals surface area contributed by atoms with Crippen LogP contribution in [0.2, 0.25) is 0 Å². The lowest BCUT2D eigenvalue weighted by Crippen LogP contribution is -2.23. The van der Waals surface area contributed by atoms with Gasteiger partial charge < -0.3 is 24.8 Å². The number of nitrogens with one attached hydrogen (secondary N) is 2. The van der Waals surface area contributed by atoms with Gasteiger partial charge in [0.2, 0.25) is 15.7 Å². The first-order valence-corrected chi connectivity index (χ1v) is 11.7. The minimum absolute atomic E-state index is 0.0414. The van der Waals surface area contributed by atoms with Gasteiger partial charge >= 0.3 is 0 Å². The Kier molecular flexibility index (Phi) is 7.78. The average Bonchev–Trinajstić information content (AvgIpc) is 2.83. The standard InChI is InChI=1S/C24H26N2O6S/c1-4-32-20-11-7-5-9-18(20)26-24(27)16-25-19-10-6-8-12-23(19)33(28,29)17-13-14-21(30-2)22(15-17)31-3/h5-15,25H,4,16H2,1-3H3,(H,26,27). The number of anilines is 2. The molecule has 0 atom stereocenters. The highest BCUT2D eigenvalue weighted by atomic mass is 32.2. The largest absolute Gasteiger partial charge is 0.493 e. The first-order valence-electron chi connectivity index (χ1n) is 10.2. The van der Waals surface area contributed by atoms with Gasteiger partial charge in [0, 0.05) is 6.07 Å². The number of carbonyl (C=O) groups is 1. The van der Waals surface area contributed by atoms with E-state index in [0.29, 0.717) is 35.2 Å². The van der Waals surface area contributed by atoms with Crippen LogP contribution in [0.3, 0.4) is 0 Å². The Bertz CT molecular complexity index is 1230. The highest BCUT2D eigenvalue weighted by Gasteiger charge is 2.23. The highest BCUT2D eigenvalue weighted by molar-refractivity contribution is 7.91. The van der Waals surface area contributed by atoms with Crippen molar-refractivity contribution in [1.29, 1.82) is 0 Å². The molecular weight excluding hydrogens is 444 g/mol. The van der Waals surface area contributed by atoms with Gasteiger partial charge in [-0.3, -0.25) is 4.79 Å². The van der Waals surface area contributed by atoms with E-state index in [-0.39, 0.29) is 22.2 Å². The maximum atomic E-state index is 13.3. The predicted molar refractivity (Wildman–Crippen MR) is 126 cm³/mol. The van der Waals surface area contributed by atoms with Gasteiger partial charge in [0.25, 0.3) is 0 Å². The third-order valence-corrected chi connectivity index (χ3v) is 6.55. The van der Waals surface area contributed by atoms with Crippen LogP contribution in [0.15, 0.2) is 76.5 Å². The molecule has 0 aliphatic heterocycles. The number of para-hydroxylation sites is 3. The monoisotopic (exact) mass is 470 g/mol. The number of benzene rings is 3. The van der Waals surface area contributed by atoms with Crippen LogP contribution >= 0.6 is 0 Å². The van der Waals surface area contributed by atoms with Crippen molar-refractivity contribution in [2.45, 2.75) is 16.7 Å². The number of hydrogen-bond donors (Lipinski definition) is 2. The van der Waals surface area contributed by atoms with Crippen LogP contribution in [0.1, 0.15) is 6.92 Å². The molecule has 33 heavy (non-hydrogen) atoms. The topological polar surface area (TPSA) is 103 Å². The molecule has 2 N–H and O–H groups in total. The maximum Gasteiger partial charge on any atom is 0.243 e. The molecule has 0 aliphatic rings. The molecule has 0 aliphatic carbocycles. The Balaban J connectivity index is 1.80. The van der Waals surface area contributed by atoms with Crippen molar-refractivity contribution < 1.29 is 27.4 Å². The second kappa shape index (κ2) is 10.7. The summed E-state index contributed by atoms with van der Waals surface area (Å²) in [5.74, 6) is 0.938. The molecule has 3 aromatic carbocycles. The van der Waals surface area contributed by atoms with Gasteiger partial charge in [-0.1, -0.05) is 24.3 Å². The summed E-state index contributed by atoms with van der Waals surface area (Å²) in [4.78, 5) is 12.6. The zero-order chi connectivity index (χ0) is 23.8. The van der Waals surface area contributed by atoms with E-state index in [2.05, 4.69) is 10.6 Å². The van der Waals surface area contributed by atoms with E-state index in [4.69, 9.17) is 14.2 Å². The van der Waals surface area contributed by atoms with Crippen LogP contribution in [0, 0.1) is 0 Å². The van der Waals surface area contributed by atoms with Gasteiger partial charge in [0.15, 0.2) is 11.5 Å². The van der Waals surface area contributed by atoms with Crippen molar-refractivity contribution in [3.8, 4) is 17.2 Å². The Morgan fingerprint density at radius 1 is 0.848 bits per heavy atom. The lowest BCUT2D eigenvalue weighted by atomic mass is 10.3. The van der Waals surface area contributed by atoms with E-state index >= 15 is 0 Å². The smallest absolute Gasteiger partial charge is 0.243 e. The van der Waals surface area contributed by atoms with Gasteiger partial charge in [-0.2, -0.15) is 0 Å². The summed E-state index contributed by atoms with van der Waals surface area (Å²) in [6.07, 6.45) is 0. The second-order valence-corrected chi connectivity index (χ2v) is 8.77. The molecule has 0 unspecified atom stereocenters. The molecule has 9 heteroatoms. The number of ether oxygens (including phenoxy) is 3. The first kappa shape index (κ1) is 23.9. The fourth-order valence-electron chi connectivity index (χ4n) is 3.18. The van der Waals surface area contributed by atoms with Gasteiger partial charge in [0.1, 0.15) is 5.75 Å². The van der Waals surface area contributed by atoms with E-state index in [1.807, 2.05) is 13.0 Å². The molecule has 8 nitrogen and oxygen atoms in total. The normalized spacial score (nSPS) is 10.9. The van der Waals surface area contributed by atoms with E-state index < -0.39 is 9.84 Å². The number of carbonyl (C=O) groups excluding carboxylic acids is 1. The SMILES string of the molecule is CCOc1ccccc1NC(=O)CNc1ccccc1S(=O)(=O)c1ccc(OC)c(OC)c1. The van der Waals surface area contributed by atoms with Gasteiger partial charge in [-0.15, -0.1) is 0 Å². The summed E-state index contributed by atoms with van der Waals surface area (Å²) < 4.78 is 42.6. The highest BCUT2D eigenvalue weighted by Crippen LogP contribution is 2.34. The Hall–Kier alpha value is -3.72. The molecule has 0 saturated heterocycles. The molecule has 1 amide bonds. The van der Waals surface area contributed by atoms with Crippen molar-refractivity contribution in [3.05, 3.63) is 66.7 Å². The van der Waals surface area contributed by atoms with Gasteiger partial charge in [0.05, 0.1) is 48.5 Å². The van der Waals surface area contributed by atoms with E-state index in [9.17, 15) is 13.2 Å². The second-order valence-electron chi connectivity index (χ2n) is 6.85. The van der Waals surface area contributed by atoms with Crippen LogP contribution in [-0.4, -0.2) is 41.7 Å². The molecular formula is C24H26N2O6S. The summed E-state index contributed by atoms with van der Waals surface area (Å²) in [7, 11) is -0.986. The van der Waals surface area contributed by atoms with Crippen LogP contribution in [-0.2, 0) is 14.6 Å². The van der Waals surface area contributed by atoms with E-state index in [0.717, 1.165) is 0 Å². The lowest BCUT2D eigenvalue weighted by molar-refractivity contribution is -0.114. The molecule has 0 saturated carbocycles. The Labute approximate surface area is 193 Å². The zero-order valence-electron chi connectivity index (χ0n) is 18.6. The number of sulfone groups is 1. The number of hydrogen-bond acceptors (Lipinski definition) is 7. The molecule has 0 fully saturated rings. The summed E-state index contributed by atoms with van der Waals surface area (Å²) in [5, 5.41) is 5.70. The molecule has 0 spiro atoms. The average molecular weight is 471 g/mol. The third-order valence-electron chi connectivity index (χ3n) is 4.74. The van der Waals surface area contributed by atoms with E-state index in [1.54, 1.807) is 36.4 Å². The fraction of sp³-hybridized carbons (Fsp3) is 0.208. The molecule has 0 radical (unpaired) electrons.